The van der Waals surface area contributed by atoms with E-state index in [9.17, 15) is 0 Å². The molecule has 4 nitrogen and oxygen atoms in total. The molecule has 8 rings (SSSR count). The van der Waals surface area contributed by atoms with E-state index in [0.717, 1.165) is 51.5 Å². The van der Waals surface area contributed by atoms with Gasteiger partial charge in [0.25, 0.3) is 0 Å². The molecule has 1 aliphatic carbocycles. The topological polar surface area (TPSA) is 51.6 Å². The van der Waals surface area contributed by atoms with Crippen LogP contribution in [0.5, 0.6) is 0 Å². The van der Waals surface area contributed by atoms with Gasteiger partial charge in [0.15, 0.2) is 0 Å². The zero-order valence-corrected chi connectivity index (χ0v) is 23.9. The van der Waals surface area contributed by atoms with Crippen LogP contribution in [0, 0.1) is 13.8 Å². The molecule has 7 aromatic rings. The molecular formula is C35H24N4Se. The Balaban J connectivity index is 1.47. The van der Waals surface area contributed by atoms with Crippen molar-refractivity contribution in [3.8, 4) is 44.9 Å². The summed E-state index contributed by atoms with van der Waals surface area (Å²) in [6, 6.07) is 34.3. The summed E-state index contributed by atoms with van der Waals surface area (Å²) in [5.74, 6) is 0. The van der Waals surface area contributed by atoms with Gasteiger partial charge in [0.1, 0.15) is 0 Å². The normalized spacial score (nSPS) is 12.2. The van der Waals surface area contributed by atoms with Crippen molar-refractivity contribution < 1.29 is 0 Å². The van der Waals surface area contributed by atoms with Gasteiger partial charge >= 0.3 is 239 Å². The van der Waals surface area contributed by atoms with Crippen LogP contribution in [0.4, 0.5) is 0 Å². The van der Waals surface area contributed by atoms with Gasteiger partial charge in [-0.3, -0.25) is 0 Å². The maximum atomic E-state index is 5.40. The van der Waals surface area contributed by atoms with Gasteiger partial charge in [0.05, 0.1) is 0 Å². The summed E-state index contributed by atoms with van der Waals surface area (Å²) >= 11 is 0.259. The molecule has 0 N–H and O–H groups in total. The van der Waals surface area contributed by atoms with Crippen LogP contribution in [0.2, 0.25) is 0 Å². The SMILES string of the molecule is Cc1c(-c2c(-c3ccccc3)nnnc2-c2cccc3[se]c4ccccc4c23)nc2c(c1C)-c1ccccc1C2. The molecule has 0 bridgehead atoms. The molecule has 0 amide bonds. The molecule has 190 valence electrons. The summed E-state index contributed by atoms with van der Waals surface area (Å²) in [4.78, 5) is 5.40. The monoisotopic (exact) mass is 580 g/mol. The van der Waals surface area contributed by atoms with E-state index in [4.69, 9.17) is 10.1 Å². The minimum absolute atomic E-state index is 0.259. The molecule has 5 heteroatoms. The van der Waals surface area contributed by atoms with Crippen LogP contribution >= 0.6 is 0 Å². The van der Waals surface area contributed by atoms with Gasteiger partial charge in [-0.1, -0.05) is 0 Å². The summed E-state index contributed by atoms with van der Waals surface area (Å²) in [5.41, 5.74) is 13.1. The van der Waals surface area contributed by atoms with Crippen LogP contribution in [-0.4, -0.2) is 34.9 Å². The number of hydrogen-bond donors (Lipinski definition) is 0. The first-order chi connectivity index (χ1) is 19.7. The molecule has 40 heavy (non-hydrogen) atoms. The molecular weight excluding hydrogens is 555 g/mol. The van der Waals surface area contributed by atoms with Crippen molar-refractivity contribution in [2.75, 3.05) is 0 Å². The molecule has 3 heterocycles. The Labute approximate surface area is 238 Å². The fourth-order valence-corrected chi connectivity index (χ4v) is 8.57. The van der Waals surface area contributed by atoms with Gasteiger partial charge in [-0.2, -0.15) is 0 Å². The summed E-state index contributed by atoms with van der Waals surface area (Å²) < 4.78 is 2.78. The molecule has 0 fully saturated rings. The van der Waals surface area contributed by atoms with Crippen molar-refractivity contribution in [2.24, 2.45) is 0 Å². The number of aromatic nitrogens is 4. The molecule has 4 aromatic carbocycles. The van der Waals surface area contributed by atoms with Crippen LogP contribution < -0.4 is 0 Å². The standard InChI is InChI=1S/C35H24N4Se/c1-20-21(2)33(36-27-19-23-13-6-7-14-24(23)30(20)27)32-34(22-11-4-3-5-12-22)37-39-38-35(32)26-16-10-18-29-31(26)25-15-8-9-17-28(25)40-29/h3-18H,19H2,1-2H3. The van der Waals surface area contributed by atoms with E-state index in [1.165, 1.54) is 41.5 Å². The van der Waals surface area contributed by atoms with E-state index >= 15 is 0 Å². The quantitative estimate of drug-likeness (QED) is 0.200. The van der Waals surface area contributed by atoms with E-state index in [-0.39, 0.29) is 14.5 Å². The molecule has 0 saturated heterocycles. The summed E-state index contributed by atoms with van der Waals surface area (Å²) in [7, 11) is 0. The Hall–Kier alpha value is -4.44. The Morgan fingerprint density at radius 1 is 0.600 bits per heavy atom. The summed E-state index contributed by atoms with van der Waals surface area (Å²) in [6.07, 6.45) is 0.832. The number of nitrogens with zero attached hydrogens (tertiary/aromatic N) is 4. The van der Waals surface area contributed by atoms with Crippen LogP contribution in [0.15, 0.2) is 97.1 Å². The van der Waals surface area contributed by atoms with E-state index in [2.05, 4.69) is 103 Å². The summed E-state index contributed by atoms with van der Waals surface area (Å²) in [5, 5.41) is 16.3. The van der Waals surface area contributed by atoms with Gasteiger partial charge in [-0.15, -0.1) is 0 Å². The van der Waals surface area contributed by atoms with Gasteiger partial charge < -0.3 is 0 Å². The zero-order valence-electron chi connectivity index (χ0n) is 22.1. The van der Waals surface area contributed by atoms with E-state index in [1.54, 1.807) is 0 Å². The number of fused-ring (bicyclic) bond motifs is 6. The first kappa shape index (κ1) is 23.4. The van der Waals surface area contributed by atoms with Crippen LogP contribution in [0.3, 0.4) is 0 Å². The zero-order chi connectivity index (χ0) is 26.8. The molecule has 0 atom stereocenters. The average Bonchev–Trinajstić information content (AvgIpc) is 3.57. The predicted octanol–water partition coefficient (Wildman–Crippen LogP) is 7.82. The number of benzene rings is 4. The third-order valence-corrected chi connectivity index (χ3v) is 10.6. The van der Waals surface area contributed by atoms with Crippen molar-refractivity contribution in [3.63, 3.8) is 0 Å². The number of hydrogen-bond acceptors (Lipinski definition) is 4. The third kappa shape index (κ3) is 3.45. The van der Waals surface area contributed by atoms with Crippen molar-refractivity contribution in [1.82, 2.24) is 20.4 Å². The Kier molecular flexibility index (Phi) is 5.31. The average molecular weight is 580 g/mol. The fourth-order valence-electron chi connectivity index (χ4n) is 6.19. The van der Waals surface area contributed by atoms with Crippen molar-refractivity contribution in [2.45, 2.75) is 20.3 Å². The second-order valence-corrected chi connectivity index (χ2v) is 12.6. The first-order valence-corrected chi connectivity index (χ1v) is 15.2. The number of rotatable bonds is 3. The molecule has 0 spiro atoms. The molecule has 0 aliphatic heterocycles. The van der Waals surface area contributed by atoms with Crippen molar-refractivity contribution >= 4 is 33.8 Å². The molecule has 0 radical (unpaired) electrons. The van der Waals surface area contributed by atoms with Gasteiger partial charge in [0, 0.05) is 0 Å². The minimum atomic E-state index is 0.259. The van der Waals surface area contributed by atoms with E-state index in [1.807, 2.05) is 18.2 Å². The molecule has 1 aliphatic rings. The molecule has 3 aromatic heterocycles. The van der Waals surface area contributed by atoms with Crippen LogP contribution in [-0.2, 0) is 6.42 Å². The predicted molar refractivity (Wildman–Crippen MR) is 164 cm³/mol. The fraction of sp³-hybridized carbons (Fsp3) is 0.0857. The van der Waals surface area contributed by atoms with Gasteiger partial charge in [-0.25, -0.2) is 0 Å². The Morgan fingerprint density at radius 2 is 1.32 bits per heavy atom. The maximum absolute atomic E-state index is 5.40. The Bertz CT molecular complexity index is 2110. The summed E-state index contributed by atoms with van der Waals surface area (Å²) in [6.45, 7) is 4.41. The molecule has 0 saturated carbocycles. The number of pyridine rings is 1. The first-order valence-electron chi connectivity index (χ1n) is 13.5. The van der Waals surface area contributed by atoms with Crippen molar-refractivity contribution in [3.05, 3.63) is 119 Å². The van der Waals surface area contributed by atoms with E-state index < -0.39 is 0 Å². The van der Waals surface area contributed by atoms with Crippen LogP contribution in [0.25, 0.3) is 64.2 Å². The van der Waals surface area contributed by atoms with Gasteiger partial charge in [0.2, 0.25) is 0 Å². The molecule has 0 unspecified atom stereocenters. The van der Waals surface area contributed by atoms with Gasteiger partial charge in [-0.05, 0) is 0 Å². The second-order valence-electron chi connectivity index (χ2n) is 10.4. The van der Waals surface area contributed by atoms with E-state index in [0.29, 0.717) is 0 Å². The second kappa shape index (κ2) is 9.06. The third-order valence-electron chi connectivity index (χ3n) is 8.18. The van der Waals surface area contributed by atoms with Crippen LogP contribution in [0.1, 0.15) is 22.4 Å². The van der Waals surface area contributed by atoms with Crippen molar-refractivity contribution in [1.29, 1.82) is 0 Å². The Morgan fingerprint density at radius 3 is 2.23 bits per heavy atom.